The number of nitrogens with zero attached hydrogens (tertiary/aromatic N) is 4. The van der Waals surface area contributed by atoms with E-state index in [4.69, 9.17) is 4.98 Å². The van der Waals surface area contributed by atoms with Gasteiger partial charge in [-0.2, -0.15) is 0 Å². The van der Waals surface area contributed by atoms with Gasteiger partial charge in [0.2, 0.25) is 5.95 Å². The molecule has 1 N–H and O–H groups in total. The Hall–Kier alpha value is -2.50. The molecule has 3 heterocycles. The zero-order valence-electron chi connectivity index (χ0n) is 15.5. The molecule has 2 aliphatic heterocycles. The molecule has 3 aromatic rings. The minimum Gasteiger partial charge on any atom is -0.339 e. The van der Waals surface area contributed by atoms with E-state index in [1.54, 1.807) is 0 Å². The van der Waals surface area contributed by atoms with E-state index in [-0.39, 0.29) is 0 Å². The van der Waals surface area contributed by atoms with E-state index in [1.165, 1.54) is 17.2 Å². The summed E-state index contributed by atoms with van der Waals surface area (Å²) in [5.41, 5.74) is 2.14. The van der Waals surface area contributed by atoms with Crippen LogP contribution in [-0.4, -0.2) is 60.2 Å². The fraction of sp³-hybridized carbons (Fsp3) is 0.364. The van der Waals surface area contributed by atoms with E-state index < -0.39 is 0 Å². The standard InChI is InChI=1S/C22H25N5/c1-2-4-18-15-19(6-5-17(18)3-1)21-7-9-24-22(25-21)27-12-8-20(16-27)26-13-10-23-11-14-26/h1-7,9,15,20,23H,8,10-14,16H2/t20-/m1/s1. The van der Waals surface area contributed by atoms with Crippen LogP contribution < -0.4 is 10.2 Å². The average molecular weight is 359 g/mol. The van der Waals surface area contributed by atoms with Gasteiger partial charge in [-0.15, -0.1) is 0 Å². The Labute approximate surface area is 160 Å². The Balaban J connectivity index is 1.37. The average Bonchev–Trinajstić information content (AvgIpc) is 3.25. The summed E-state index contributed by atoms with van der Waals surface area (Å²) in [5, 5.41) is 5.94. The Morgan fingerprint density at radius 1 is 0.926 bits per heavy atom. The molecule has 0 amide bonds. The minimum absolute atomic E-state index is 0.625. The van der Waals surface area contributed by atoms with Crippen molar-refractivity contribution in [2.75, 3.05) is 44.2 Å². The zero-order chi connectivity index (χ0) is 18.1. The third kappa shape index (κ3) is 3.40. The van der Waals surface area contributed by atoms with E-state index in [0.717, 1.165) is 56.5 Å². The molecule has 2 aliphatic rings. The number of nitrogens with one attached hydrogen (secondary N) is 1. The zero-order valence-corrected chi connectivity index (χ0v) is 15.5. The molecule has 138 valence electrons. The summed E-state index contributed by atoms with van der Waals surface area (Å²) in [6, 6.07) is 17.6. The number of hydrogen-bond acceptors (Lipinski definition) is 5. The summed E-state index contributed by atoms with van der Waals surface area (Å²) in [5.74, 6) is 0.860. The molecule has 0 saturated carbocycles. The molecule has 0 spiro atoms. The molecule has 1 atom stereocenters. The summed E-state index contributed by atoms with van der Waals surface area (Å²) in [7, 11) is 0. The third-order valence-electron chi connectivity index (χ3n) is 5.80. The molecule has 5 heteroatoms. The van der Waals surface area contributed by atoms with E-state index in [9.17, 15) is 0 Å². The van der Waals surface area contributed by atoms with Crippen molar-refractivity contribution in [1.29, 1.82) is 0 Å². The fourth-order valence-electron chi connectivity index (χ4n) is 4.28. The first-order chi connectivity index (χ1) is 13.4. The van der Waals surface area contributed by atoms with Crippen LogP contribution in [0, 0.1) is 0 Å². The number of benzene rings is 2. The largest absolute Gasteiger partial charge is 0.339 e. The molecule has 1 aromatic heterocycles. The molecule has 0 bridgehead atoms. The van der Waals surface area contributed by atoms with Gasteiger partial charge < -0.3 is 10.2 Å². The van der Waals surface area contributed by atoms with Crippen LogP contribution >= 0.6 is 0 Å². The topological polar surface area (TPSA) is 44.3 Å². The highest BCUT2D eigenvalue weighted by Gasteiger charge is 2.29. The predicted molar refractivity (Wildman–Crippen MR) is 110 cm³/mol. The summed E-state index contributed by atoms with van der Waals surface area (Å²) in [6.07, 6.45) is 3.09. The van der Waals surface area contributed by atoms with Crippen LogP contribution in [0.3, 0.4) is 0 Å². The Kier molecular flexibility index (Phi) is 4.47. The lowest BCUT2D eigenvalue weighted by Crippen LogP contribution is -2.49. The first kappa shape index (κ1) is 16.7. The smallest absolute Gasteiger partial charge is 0.225 e. The van der Waals surface area contributed by atoms with Crippen molar-refractivity contribution in [2.45, 2.75) is 12.5 Å². The van der Waals surface area contributed by atoms with Crippen molar-refractivity contribution in [3.8, 4) is 11.3 Å². The molecule has 0 radical (unpaired) electrons. The van der Waals surface area contributed by atoms with Gasteiger partial charge in [0.1, 0.15) is 0 Å². The first-order valence-electron chi connectivity index (χ1n) is 9.89. The summed E-state index contributed by atoms with van der Waals surface area (Å²) in [6.45, 7) is 6.57. The number of aromatic nitrogens is 2. The van der Waals surface area contributed by atoms with Gasteiger partial charge in [0.25, 0.3) is 0 Å². The van der Waals surface area contributed by atoms with Gasteiger partial charge in [0, 0.05) is 57.1 Å². The number of piperazine rings is 1. The molecule has 2 fully saturated rings. The van der Waals surface area contributed by atoms with Crippen molar-refractivity contribution in [2.24, 2.45) is 0 Å². The van der Waals surface area contributed by atoms with E-state index in [2.05, 4.69) is 62.6 Å². The predicted octanol–water partition coefficient (Wildman–Crippen LogP) is 2.78. The molecule has 5 rings (SSSR count). The summed E-state index contributed by atoms with van der Waals surface area (Å²) in [4.78, 5) is 14.4. The molecule has 2 aromatic carbocycles. The maximum Gasteiger partial charge on any atom is 0.225 e. The molecule has 0 unspecified atom stereocenters. The van der Waals surface area contributed by atoms with Gasteiger partial charge in [-0.1, -0.05) is 36.4 Å². The Morgan fingerprint density at radius 3 is 2.67 bits per heavy atom. The van der Waals surface area contributed by atoms with Gasteiger partial charge >= 0.3 is 0 Å². The SMILES string of the molecule is c1ccc2cc(-c3ccnc(N4CC[C@@H](N5CCNCC5)C4)n3)ccc2c1. The lowest BCUT2D eigenvalue weighted by atomic mass is 10.1. The molecule has 5 nitrogen and oxygen atoms in total. The second-order valence-electron chi connectivity index (χ2n) is 7.48. The Morgan fingerprint density at radius 2 is 1.78 bits per heavy atom. The molecular formula is C22H25N5. The van der Waals surface area contributed by atoms with Crippen LogP contribution in [0.15, 0.2) is 54.7 Å². The quantitative estimate of drug-likeness (QED) is 0.779. The Bertz CT molecular complexity index is 935. The van der Waals surface area contributed by atoms with Gasteiger partial charge in [0.15, 0.2) is 0 Å². The van der Waals surface area contributed by atoms with Crippen molar-refractivity contribution in [3.05, 3.63) is 54.7 Å². The van der Waals surface area contributed by atoms with Crippen molar-refractivity contribution < 1.29 is 0 Å². The third-order valence-corrected chi connectivity index (χ3v) is 5.80. The number of fused-ring (bicyclic) bond motifs is 1. The summed E-state index contributed by atoms with van der Waals surface area (Å²) < 4.78 is 0. The molecular weight excluding hydrogens is 334 g/mol. The van der Waals surface area contributed by atoms with E-state index in [1.807, 2.05) is 12.3 Å². The van der Waals surface area contributed by atoms with Gasteiger partial charge in [0.05, 0.1) is 5.69 Å². The minimum atomic E-state index is 0.625. The second-order valence-corrected chi connectivity index (χ2v) is 7.48. The van der Waals surface area contributed by atoms with Crippen molar-refractivity contribution >= 4 is 16.7 Å². The first-order valence-corrected chi connectivity index (χ1v) is 9.89. The van der Waals surface area contributed by atoms with E-state index >= 15 is 0 Å². The monoisotopic (exact) mass is 359 g/mol. The molecule has 27 heavy (non-hydrogen) atoms. The lowest BCUT2D eigenvalue weighted by Gasteiger charge is -2.32. The highest BCUT2D eigenvalue weighted by molar-refractivity contribution is 5.86. The van der Waals surface area contributed by atoms with E-state index in [0.29, 0.717) is 6.04 Å². The van der Waals surface area contributed by atoms with Crippen LogP contribution in [-0.2, 0) is 0 Å². The van der Waals surface area contributed by atoms with Crippen LogP contribution in [0.25, 0.3) is 22.0 Å². The van der Waals surface area contributed by atoms with Crippen molar-refractivity contribution in [3.63, 3.8) is 0 Å². The van der Waals surface area contributed by atoms with Gasteiger partial charge in [-0.05, 0) is 29.3 Å². The van der Waals surface area contributed by atoms with Gasteiger partial charge in [-0.25, -0.2) is 9.97 Å². The number of hydrogen-bond donors (Lipinski definition) is 1. The maximum atomic E-state index is 4.90. The molecule has 0 aliphatic carbocycles. The maximum absolute atomic E-state index is 4.90. The number of rotatable bonds is 3. The molecule has 2 saturated heterocycles. The highest BCUT2D eigenvalue weighted by Crippen LogP contribution is 2.26. The van der Waals surface area contributed by atoms with Crippen LogP contribution in [0.5, 0.6) is 0 Å². The van der Waals surface area contributed by atoms with Crippen LogP contribution in [0.4, 0.5) is 5.95 Å². The fourth-order valence-corrected chi connectivity index (χ4v) is 4.28. The summed E-state index contributed by atoms with van der Waals surface area (Å²) >= 11 is 0. The van der Waals surface area contributed by atoms with Crippen LogP contribution in [0.2, 0.25) is 0 Å². The second kappa shape index (κ2) is 7.25. The highest BCUT2D eigenvalue weighted by atomic mass is 15.3. The van der Waals surface area contributed by atoms with Crippen LogP contribution in [0.1, 0.15) is 6.42 Å². The normalized spacial score (nSPS) is 21.0. The van der Waals surface area contributed by atoms with Gasteiger partial charge in [-0.3, -0.25) is 4.90 Å². The number of anilines is 1. The lowest BCUT2D eigenvalue weighted by molar-refractivity contribution is 0.185. The van der Waals surface area contributed by atoms with Crippen molar-refractivity contribution in [1.82, 2.24) is 20.2 Å².